The first kappa shape index (κ1) is 27.9. The summed E-state index contributed by atoms with van der Waals surface area (Å²) in [7, 11) is 0. The molecule has 4 aromatic rings. The van der Waals surface area contributed by atoms with Crippen molar-refractivity contribution in [3.05, 3.63) is 124 Å². The molecule has 39 heavy (non-hydrogen) atoms. The van der Waals surface area contributed by atoms with Crippen LogP contribution >= 0.6 is 35.0 Å². The third-order valence-electron chi connectivity index (χ3n) is 5.19. The van der Waals surface area contributed by atoms with E-state index in [0.717, 1.165) is 4.90 Å². The predicted molar refractivity (Wildman–Crippen MR) is 157 cm³/mol. The van der Waals surface area contributed by atoms with E-state index in [4.69, 9.17) is 23.2 Å². The maximum atomic E-state index is 13.3. The molecule has 1 aromatic heterocycles. The fraction of sp³-hybridized carbons (Fsp3) is 0.0345. The second-order valence-electron chi connectivity index (χ2n) is 8.08. The van der Waals surface area contributed by atoms with Gasteiger partial charge in [-0.25, -0.2) is 4.98 Å². The fourth-order valence-electron chi connectivity index (χ4n) is 3.33. The highest BCUT2D eigenvalue weighted by Gasteiger charge is 2.16. The standard InChI is InChI=1S/C29H22Cl2N4O3S/c30-21-13-14-26(32-17-21)35-27(36)18-39-23-11-6-10-22(16-23)33-29(38)25(15-20-9-4-5-12-24(20)31)34-28(37)19-7-2-1-3-8-19/h1-17H,18H2,(H,33,38)(H,34,37)(H,32,35,36)/b25-15+. The molecule has 3 N–H and O–H groups in total. The number of hydrogen-bond acceptors (Lipinski definition) is 5. The lowest BCUT2D eigenvalue weighted by Gasteiger charge is -2.12. The van der Waals surface area contributed by atoms with Crippen LogP contribution in [0.15, 0.2) is 108 Å². The number of rotatable bonds is 9. The Labute approximate surface area is 239 Å². The minimum atomic E-state index is -0.534. The van der Waals surface area contributed by atoms with E-state index in [1.165, 1.54) is 24.0 Å². The Hall–Kier alpha value is -4.11. The van der Waals surface area contributed by atoms with Crippen molar-refractivity contribution in [3.8, 4) is 0 Å². The van der Waals surface area contributed by atoms with Crippen LogP contribution in [0.5, 0.6) is 0 Å². The first-order valence-corrected chi connectivity index (χ1v) is 13.4. The molecule has 0 bridgehead atoms. The molecule has 0 aliphatic heterocycles. The van der Waals surface area contributed by atoms with E-state index < -0.39 is 11.8 Å². The van der Waals surface area contributed by atoms with E-state index >= 15 is 0 Å². The molecule has 0 radical (unpaired) electrons. The van der Waals surface area contributed by atoms with Gasteiger partial charge in [-0.1, -0.05) is 65.7 Å². The Morgan fingerprint density at radius 3 is 2.36 bits per heavy atom. The Kier molecular flexibility index (Phi) is 9.74. The number of nitrogens with one attached hydrogen (secondary N) is 3. The summed E-state index contributed by atoms with van der Waals surface area (Å²) in [6.07, 6.45) is 2.97. The zero-order valence-electron chi connectivity index (χ0n) is 20.4. The van der Waals surface area contributed by atoms with Gasteiger partial charge < -0.3 is 16.0 Å². The number of thioether (sulfide) groups is 1. The van der Waals surface area contributed by atoms with Crippen molar-refractivity contribution in [3.63, 3.8) is 0 Å². The summed E-state index contributed by atoms with van der Waals surface area (Å²) in [4.78, 5) is 43.2. The first-order chi connectivity index (χ1) is 18.9. The van der Waals surface area contributed by atoms with E-state index in [9.17, 15) is 14.4 Å². The summed E-state index contributed by atoms with van der Waals surface area (Å²) in [6.45, 7) is 0. The van der Waals surface area contributed by atoms with Crippen molar-refractivity contribution in [1.29, 1.82) is 0 Å². The molecular formula is C29H22Cl2N4O3S. The molecule has 0 unspecified atom stereocenters. The van der Waals surface area contributed by atoms with Gasteiger partial charge in [-0.2, -0.15) is 0 Å². The van der Waals surface area contributed by atoms with Crippen molar-refractivity contribution < 1.29 is 14.4 Å². The van der Waals surface area contributed by atoms with Gasteiger partial charge in [0.25, 0.3) is 11.8 Å². The van der Waals surface area contributed by atoms with Crippen LogP contribution < -0.4 is 16.0 Å². The maximum absolute atomic E-state index is 13.3. The van der Waals surface area contributed by atoms with Crippen LogP contribution in [0.3, 0.4) is 0 Å². The van der Waals surface area contributed by atoms with Crippen LogP contribution in [-0.4, -0.2) is 28.5 Å². The number of hydrogen-bond donors (Lipinski definition) is 3. The second-order valence-corrected chi connectivity index (χ2v) is 9.97. The number of carbonyl (C=O) groups is 3. The zero-order chi connectivity index (χ0) is 27.6. The molecule has 0 atom stereocenters. The van der Waals surface area contributed by atoms with Crippen LogP contribution in [0.2, 0.25) is 10.0 Å². The molecule has 3 amide bonds. The predicted octanol–water partition coefficient (Wildman–Crippen LogP) is 6.53. The molecule has 4 rings (SSSR count). The minimum absolute atomic E-state index is 0.0184. The number of carbonyl (C=O) groups excluding carboxylic acids is 3. The number of aromatic nitrogens is 1. The lowest BCUT2D eigenvalue weighted by Crippen LogP contribution is -2.30. The average Bonchev–Trinajstić information content (AvgIpc) is 2.94. The van der Waals surface area contributed by atoms with Gasteiger partial charge in [-0.05, 0) is 60.2 Å². The third-order valence-corrected chi connectivity index (χ3v) is 6.75. The molecule has 0 saturated carbocycles. The Balaban J connectivity index is 1.45. The van der Waals surface area contributed by atoms with Crippen molar-refractivity contribution in [1.82, 2.24) is 10.3 Å². The summed E-state index contributed by atoms with van der Waals surface area (Å²) in [5.74, 6) is -0.673. The van der Waals surface area contributed by atoms with Gasteiger partial charge in [0.2, 0.25) is 5.91 Å². The van der Waals surface area contributed by atoms with Crippen LogP contribution in [0.1, 0.15) is 15.9 Å². The van der Waals surface area contributed by atoms with E-state index in [2.05, 4.69) is 20.9 Å². The van der Waals surface area contributed by atoms with Crippen LogP contribution in [-0.2, 0) is 9.59 Å². The summed E-state index contributed by atoms with van der Waals surface area (Å²) in [5.41, 5.74) is 1.48. The smallest absolute Gasteiger partial charge is 0.272 e. The molecule has 0 fully saturated rings. The second kappa shape index (κ2) is 13.6. The van der Waals surface area contributed by atoms with Gasteiger partial charge in [0.1, 0.15) is 11.5 Å². The van der Waals surface area contributed by atoms with Gasteiger partial charge in [0.15, 0.2) is 0 Å². The molecule has 0 saturated heterocycles. The van der Waals surface area contributed by atoms with Crippen molar-refractivity contribution in [2.24, 2.45) is 0 Å². The molecule has 1 heterocycles. The first-order valence-electron chi connectivity index (χ1n) is 11.7. The number of amides is 3. The summed E-state index contributed by atoms with van der Waals surface area (Å²) in [5, 5.41) is 9.11. The minimum Gasteiger partial charge on any atom is -0.321 e. The highest BCUT2D eigenvalue weighted by Crippen LogP contribution is 2.23. The number of anilines is 2. The maximum Gasteiger partial charge on any atom is 0.272 e. The van der Waals surface area contributed by atoms with Gasteiger partial charge in [0, 0.05) is 27.4 Å². The van der Waals surface area contributed by atoms with Crippen molar-refractivity contribution in [2.45, 2.75) is 4.90 Å². The van der Waals surface area contributed by atoms with E-state index in [0.29, 0.717) is 32.7 Å². The largest absolute Gasteiger partial charge is 0.321 e. The fourth-order valence-corrected chi connectivity index (χ4v) is 4.39. The van der Waals surface area contributed by atoms with E-state index in [1.807, 2.05) is 6.07 Å². The molecule has 7 nitrogen and oxygen atoms in total. The summed E-state index contributed by atoms with van der Waals surface area (Å²) in [6, 6.07) is 25.9. The molecule has 196 valence electrons. The zero-order valence-corrected chi connectivity index (χ0v) is 22.7. The summed E-state index contributed by atoms with van der Waals surface area (Å²) < 4.78 is 0. The lowest BCUT2D eigenvalue weighted by molar-refractivity contribution is -0.114. The Bertz CT molecular complexity index is 1510. The molecule has 0 aliphatic carbocycles. The molecule has 10 heteroatoms. The number of nitrogens with zero attached hydrogens (tertiary/aromatic N) is 1. The summed E-state index contributed by atoms with van der Waals surface area (Å²) >= 11 is 13.4. The van der Waals surface area contributed by atoms with Crippen LogP contribution in [0.25, 0.3) is 6.08 Å². The Morgan fingerprint density at radius 1 is 0.846 bits per heavy atom. The number of halogens is 2. The highest BCUT2D eigenvalue weighted by molar-refractivity contribution is 8.00. The van der Waals surface area contributed by atoms with Crippen molar-refractivity contribution >= 4 is 70.3 Å². The lowest BCUT2D eigenvalue weighted by atomic mass is 10.1. The van der Waals surface area contributed by atoms with Gasteiger partial charge in [-0.3, -0.25) is 14.4 Å². The van der Waals surface area contributed by atoms with E-state index in [-0.39, 0.29) is 17.4 Å². The monoisotopic (exact) mass is 576 g/mol. The van der Waals surface area contributed by atoms with Crippen LogP contribution in [0, 0.1) is 0 Å². The van der Waals surface area contributed by atoms with Crippen LogP contribution in [0.4, 0.5) is 11.5 Å². The third kappa shape index (κ3) is 8.44. The Morgan fingerprint density at radius 2 is 1.62 bits per heavy atom. The topological polar surface area (TPSA) is 100 Å². The van der Waals surface area contributed by atoms with E-state index in [1.54, 1.807) is 84.9 Å². The van der Waals surface area contributed by atoms with Gasteiger partial charge in [0.05, 0.1) is 10.8 Å². The molecule has 0 aliphatic rings. The molecular weight excluding hydrogens is 555 g/mol. The normalized spacial score (nSPS) is 11.0. The number of pyridine rings is 1. The van der Waals surface area contributed by atoms with Gasteiger partial charge in [-0.15, -0.1) is 11.8 Å². The van der Waals surface area contributed by atoms with Gasteiger partial charge >= 0.3 is 0 Å². The molecule has 0 spiro atoms. The SMILES string of the molecule is O=C(CSc1cccc(NC(=O)/C(=C\c2ccccc2Cl)NC(=O)c2ccccc2)c1)Nc1ccc(Cl)cn1. The average molecular weight is 577 g/mol. The highest BCUT2D eigenvalue weighted by atomic mass is 35.5. The molecule has 3 aromatic carbocycles. The van der Waals surface area contributed by atoms with Crippen molar-refractivity contribution in [2.75, 3.05) is 16.4 Å². The number of benzene rings is 3. The quantitative estimate of drug-likeness (QED) is 0.155.